The van der Waals surface area contributed by atoms with E-state index in [1.54, 1.807) is 0 Å². The monoisotopic (exact) mass is 327 g/mol. The van der Waals surface area contributed by atoms with Crippen LogP contribution in [0.3, 0.4) is 0 Å². The Hall–Kier alpha value is -1.35. The van der Waals surface area contributed by atoms with Gasteiger partial charge in [0.15, 0.2) is 0 Å². The van der Waals surface area contributed by atoms with E-state index in [1.807, 2.05) is 39.2 Å². The predicted molar refractivity (Wildman–Crippen MR) is 94.7 cm³/mol. The molecule has 4 aliphatic carbocycles. The SMILES string of the molecule is COC12CC3C[C@H](C1)C(NC(=O)C(C)(C)c1ccccc1)[C@@H](C3)C2. The summed E-state index contributed by atoms with van der Waals surface area (Å²) in [4.78, 5) is 13.1. The van der Waals surface area contributed by atoms with Crippen LogP contribution in [0.25, 0.3) is 0 Å². The number of benzene rings is 1. The number of amides is 1. The minimum atomic E-state index is -0.491. The molecule has 0 heterocycles. The second kappa shape index (κ2) is 5.59. The molecule has 24 heavy (non-hydrogen) atoms. The maximum absolute atomic E-state index is 13.1. The van der Waals surface area contributed by atoms with Gasteiger partial charge in [-0.2, -0.15) is 0 Å². The van der Waals surface area contributed by atoms with Crippen molar-refractivity contribution in [2.45, 2.75) is 63.0 Å². The molecule has 4 aliphatic rings. The molecule has 5 rings (SSSR count). The van der Waals surface area contributed by atoms with Crippen molar-refractivity contribution in [3.63, 3.8) is 0 Å². The first-order valence-electron chi connectivity index (χ1n) is 9.35. The Kier molecular flexibility index (Phi) is 3.76. The number of hydrogen-bond acceptors (Lipinski definition) is 2. The Morgan fingerprint density at radius 3 is 2.33 bits per heavy atom. The topological polar surface area (TPSA) is 38.3 Å². The van der Waals surface area contributed by atoms with Gasteiger partial charge in [0.2, 0.25) is 5.91 Å². The molecule has 4 saturated carbocycles. The lowest BCUT2D eigenvalue weighted by Gasteiger charge is -2.59. The average molecular weight is 327 g/mol. The molecule has 0 aromatic heterocycles. The first-order valence-corrected chi connectivity index (χ1v) is 9.35. The van der Waals surface area contributed by atoms with Crippen molar-refractivity contribution in [3.8, 4) is 0 Å². The van der Waals surface area contributed by atoms with Gasteiger partial charge in [-0.25, -0.2) is 0 Å². The van der Waals surface area contributed by atoms with Gasteiger partial charge in [0.05, 0.1) is 11.0 Å². The molecule has 5 atom stereocenters. The van der Waals surface area contributed by atoms with Crippen molar-refractivity contribution in [2.24, 2.45) is 17.8 Å². The van der Waals surface area contributed by atoms with Crippen molar-refractivity contribution in [2.75, 3.05) is 7.11 Å². The van der Waals surface area contributed by atoms with E-state index in [0.29, 0.717) is 17.9 Å². The van der Waals surface area contributed by atoms with E-state index in [2.05, 4.69) is 17.4 Å². The van der Waals surface area contributed by atoms with Crippen LogP contribution in [0.5, 0.6) is 0 Å². The van der Waals surface area contributed by atoms with Crippen LogP contribution in [0.4, 0.5) is 0 Å². The largest absolute Gasteiger partial charge is 0.378 e. The number of carbonyl (C=O) groups is 1. The van der Waals surface area contributed by atoms with Gasteiger partial charge < -0.3 is 10.1 Å². The van der Waals surface area contributed by atoms with Gasteiger partial charge in [-0.3, -0.25) is 4.79 Å². The molecule has 130 valence electrons. The van der Waals surface area contributed by atoms with E-state index in [1.165, 1.54) is 19.3 Å². The van der Waals surface area contributed by atoms with Crippen LogP contribution in [-0.2, 0) is 14.9 Å². The Bertz CT molecular complexity index is 608. The summed E-state index contributed by atoms with van der Waals surface area (Å²) in [5, 5.41) is 3.45. The van der Waals surface area contributed by atoms with Crippen molar-refractivity contribution in [1.29, 1.82) is 0 Å². The maximum atomic E-state index is 13.1. The second-order valence-corrected chi connectivity index (χ2v) is 8.85. The Balaban J connectivity index is 1.51. The molecule has 3 heteroatoms. The summed E-state index contributed by atoms with van der Waals surface area (Å²) < 4.78 is 5.93. The minimum absolute atomic E-state index is 0.104. The van der Waals surface area contributed by atoms with Crippen LogP contribution in [0.2, 0.25) is 0 Å². The average Bonchev–Trinajstić information content (AvgIpc) is 2.58. The molecule has 1 N–H and O–H groups in total. The third-order valence-corrected chi connectivity index (χ3v) is 7.01. The minimum Gasteiger partial charge on any atom is -0.378 e. The molecule has 3 unspecified atom stereocenters. The van der Waals surface area contributed by atoms with E-state index >= 15 is 0 Å². The van der Waals surface area contributed by atoms with E-state index in [-0.39, 0.29) is 11.5 Å². The number of rotatable bonds is 4. The molecule has 4 bridgehead atoms. The van der Waals surface area contributed by atoms with Crippen LogP contribution in [0.1, 0.15) is 51.5 Å². The van der Waals surface area contributed by atoms with Crippen LogP contribution < -0.4 is 5.32 Å². The summed E-state index contributed by atoms with van der Waals surface area (Å²) in [5.41, 5.74) is 0.696. The van der Waals surface area contributed by atoms with Crippen LogP contribution in [0, 0.1) is 17.8 Å². The standard InChI is InChI=1S/C21H29NO2/c1-20(2,17-7-5-4-6-8-17)19(23)22-18-15-9-14-10-16(18)13-21(11-14,12-15)24-3/h4-8,14-16,18H,9-13H2,1-3H3,(H,22,23)/t14?,15-,16+,18?,21?. The summed E-state index contributed by atoms with van der Waals surface area (Å²) in [6.07, 6.45) is 5.99. The van der Waals surface area contributed by atoms with Gasteiger partial charge in [0.25, 0.3) is 0 Å². The fourth-order valence-corrected chi connectivity index (χ4v) is 5.75. The van der Waals surface area contributed by atoms with Crippen LogP contribution in [0.15, 0.2) is 30.3 Å². The molecule has 4 fully saturated rings. The Morgan fingerprint density at radius 1 is 1.12 bits per heavy atom. The smallest absolute Gasteiger partial charge is 0.230 e. The predicted octanol–water partition coefficient (Wildman–Crippen LogP) is 3.67. The molecular formula is C21H29NO2. The summed E-state index contributed by atoms with van der Waals surface area (Å²) in [6, 6.07) is 10.5. The van der Waals surface area contributed by atoms with Gasteiger partial charge in [0, 0.05) is 13.2 Å². The quantitative estimate of drug-likeness (QED) is 0.916. The molecular weight excluding hydrogens is 298 g/mol. The summed E-state index contributed by atoms with van der Waals surface area (Å²) in [6.45, 7) is 4.06. The number of methoxy groups -OCH3 is 1. The van der Waals surface area contributed by atoms with Gasteiger partial charge in [-0.1, -0.05) is 30.3 Å². The fraction of sp³-hybridized carbons (Fsp3) is 0.667. The van der Waals surface area contributed by atoms with E-state index in [4.69, 9.17) is 4.74 Å². The molecule has 0 aliphatic heterocycles. The normalized spacial score (nSPS) is 37.5. The summed E-state index contributed by atoms with van der Waals surface area (Å²) >= 11 is 0. The highest BCUT2D eigenvalue weighted by Crippen LogP contribution is 2.57. The lowest BCUT2D eigenvalue weighted by atomic mass is 9.52. The molecule has 3 nitrogen and oxygen atoms in total. The molecule has 1 aromatic rings. The first kappa shape index (κ1) is 16.1. The third kappa shape index (κ3) is 2.48. The first-order chi connectivity index (χ1) is 11.4. The van der Waals surface area contributed by atoms with Gasteiger partial charge in [0.1, 0.15) is 0 Å². The van der Waals surface area contributed by atoms with Crippen LogP contribution >= 0.6 is 0 Å². The highest BCUT2D eigenvalue weighted by molar-refractivity contribution is 5.87. The second-order valence-electron chi connectivity index (χ2n) is 8.85. The number of carbonyl (C=O) groups excluding carboxylic acids is 1. The van der Waals surface area contributed by atoms with Gasteiger partial charge in [-0.15, -0.1) is 0 Å². The third-order valence-electron chi connectivity index (χ3n) is 7.01. The highest BCUT2D eigenvalue weighted by Gasteiger charge is 2.56. The maximum Gasteiger partial charge on any atom is 0.230 e. The summed E-state index contributed by atoms with van der Waals surface area (Å²) in [5.74, 6) is 2.15. The number of nitrogens with one attached hydrogen (secondary N) is 1. The summed E-state index contributed by atoms with van der Waals surface area (Å²) in [7, 11) is 1.87. The van der Waals surface area contributed by atoms with E-state index in [9.17, 15) is 4.79 Å². The van der Waals surface area contributed by atoms with Gasteiger partial charge in [-0.05, 0) is 69.3 Å². The Morgan fingerprint density at radius 2 is 1.75 bits per heavy atom. The van der Waals surface area contributed by atoms with Crippen molar-refractivity contribution >= 4 is 5.91 Å². The van der Waals surface area contributed by atoms with Crippen molar-refractivity contribution in [3.05, 3.63) is 35.9 Å². The van der Waals surface area contributed by atoms with Crippen molar-refractivity contribution in [1.82, 2.24) is 5.32 Å². The lowest BCUT2D eigenvalue weighted by molar-refractivity contribution is -0.161. The molecule has 0 radical (unpaired) electrons. The van der Waals surface area contributed by atoms with E-state index in [0.717, 1.165) is 24.3 Å². The zero-order valence-corrected chi connectivity index (χ0v) is 15.0. The van der Waals surface area contributed by atoms with E-state index < -0.39 is 5.41 Å². The van der Waals surface area contributed by atoms with Gasteiger partial charge >= 0.3 is 0 Å². The lowest BCUT2D eigenvalue weighted by Crippen LogP contribution is -2.63. The zero-order valence-electron chi connectivity index (χ0n) is 15.0. The van der Waals surface area contributed by atoms with Crippen LogP contribution in [-0.4, -0.2) is 24.7 Å². The number of ether oxygens (including phenoxy) is 1. The fourth-order valence-electron chi connectivity index (χ4n) is 5.75. The molecule has 1 aromatic carbocycles. The molecule has 0 saturated heterocycles. The number of hydrogen-bond donors (Lipinski definition) is 1. The highest BCUT2D eigenvalue weighted by atomic mass is 16.5. The zero-order chi connectivity index (χ0) is 16.9. The molecule has 0 spiro atoms. The molecule has 1 amide bonds. The van der Waals surface area contributed by atoms with Crippen molar-refractivity contribution < 1.29 is 9.53 Å². The Labute approximate surface area is 145 Å².